The van der Waals surface area contributed by atoms with Gasteiger partial charge in [-0.3, -0.25) is 29.0 Å². The number of rotatable bonds is 17. The van der Waals surface area contributed by atoms with Gasteiger partial charge in [0, 0.05) is 13.0 Å². The number of hydrogen-bond donors (Lipinski definition) is 9. The summed E-state index contributed by atoms with van der Waals surface area (Å²) in [6, 6.07) is 2.92. The van der Waals surface area contributed by atoms with Crippen molar-refractivity contribution in [3.8, 4) is 0 Å². The molecule has 0 spiro atoms. The number of carbonyl (C=O) groups excluding carboxylic acids is 5. The van der Waals surface area contributed by atoms with E-state index in [2.05, 4.69) is 20.9 Å². The van der Waals surface area contributed by atoms with Crippen LogP contribution < -0.4 is 44.6 Å². The number of aliphatic imine (C=N–C) groups is 1. The standard InChI is InChI=1S/C23H35N9O7/c24-13(10-17(25)33)19(35)31-16(11-18(26)34)21(37)32-15(9-12-5-2-1-3-6-12)20(36)30-14(22(38)39)7-4-8-29-23(27)28/h1-3,5-6,13-16H,4,7-11,24H2,(H2,25,33)(H2,26,34)(H,30,36)(H,31,35)(H,32,37)(H,38,39)(H4,27,28,29). The molecular weight excluding hydrogens is 514 g/mol. The van der Waals surface area contributed by atoms with Crippen molar-refractivity contribution in [1.29, 1.82) is 0 Å². The van der Waals surface area contributed by atoms with Gasteiger partial charge in [-0.15, -0.1) is 0 Å². The molecule has 1 aromatic carbocycles. The Morgan fingerprint density at radius 2 is 1.31 bits per heavy atom. The Bertz CT molecular complexity index is 1060. The molecule has 16 nitrogen and oxygen atoms in total. The number of carboxylic acids is 1. The number of nitrogens with zero attached hydrogens (tertiary/aromatic N) is 1. The van der Waals surface area contributed by atoms with Crippen molar-refractivity contribution in [1.82, 2.24) is 16.0 Å². The highest BCUT2D eigenvalue weighted by Gasteiger charge is 2.31. The summed E-state index contributed by atoms with van der Waals surface area (Å²) >= 11 is 0. The molecule has 0 heterocycles. The zero-order valence-electron chi connectivity index (χ0n) is 21.2. The highest BCUT2D eigenvalue weighted by atomic mass is 16.4. The van der Waals surface area contributed by atoms with Gasteiger partial charge in [-0.25, -0.2) is 4.79 Å². The summed E-state index contributed by atoms with van der Waals surface area (Å²) in [5.74, 6) is -6.05. The van der Waals surface area contributed by atoms with Crippen LogP contribution in [0.2, 0.25) is 0 Å². The van der Waals surface area contributed by atoms with Crippen LogP contribution in [0.15, 0.2) is 35.3 Å². The lowest BCUT2D eigenvalue weighted by Crippen LogP contribution is -2.58. The number of nitrogens with one attached hydrogen (secondary N) is 3. The molecule has 4 unspecified atom stereocenters. The van der Waals surface area contributed by atoms with E-state index in [1.54, 1.807) is 30.3 Å². The lowest BCUT2D eigenvalue weighted by molar-refractivity contribution is -0.142. The summed E-state index contributed by atoms with van der Waals surface area (Å²) in [6.07, 6.45) is -0.999. The summed E-state index contributed by atoms with van der Waals surface area (Å²) in [7, 11) is 0. The Balaban J connectivity index is 3.10. The number of benzene rings is 1. The predicted molar refractivity (Wildman–Crippen MR) is 139 cm³/mol. The van der Waals surface area contributed by atoms with E-state index < -0.39 is 72.5 Å². The SMILES string of the molecule is NC(=O)CC(N)C(=O)NC(CC(N)=O)C(=O)NC(Cc1ccccc1)C(=O)NC(CCCN=C(N)N)C(=O)O. The molecule has 39 heavy (non-hydrogen) atoms. The molecule has 0 fully saturated rings. The quantitative estimate of drug-likeness (QED) is 0.0513. The number of aliphatic carboxylic acids is 1. The Labute approximate surface area is 224 Å². The first kappa shape index (κ1) is 32.3. The summed E-state index contributed by atoms with van der Waals surface area (Å²) in [4.78, 5) is 76.6. The largest absolute Gasteiger partial charge is 0.480 e. The van der Waals surface area contributed by atoms with Crippen molar-refractivity contribution in [2.75, 3.05) is 6.54 Å². The third-order valence-corrected chi connectivity index (χ3v) is 5.27. The van der Waals surface area contributed by atoms with Gasteiger partial charge < -0.3 is 49.7 Å². The number of carbonyl (C=O) groups is 6. The highest BCUT2D eigenvalue weighted by Crippen LogP contribution is 2.07. The van der Waals surface area contributed by atoms with Crippen molar-refractivity contribution < 1.29 is 33.9 Å². The van der Waals surface area contributed by atoms with E-state index in [0.717, 1.165) is 0 Å². The predicted octanol–water partition coefficient (Wildman–Crippen LogP) is -4.10. The molecule has 214 valence electrons. The molecule has 0 aliphatic rings. The maximum Gasteiger partial charge on any atom is 0.326 e. The molecule has 14 N–H and O–H groups in total. The second-order valence-corrected chi connectivity index (χ2v) is 8.61. The van der Waals surface area contributed by atoms with Crippen molar-refractivity contribution in [2.24, 2.45) is 33.7 Å². The van der Waals surface area contributed by atoms with Gasteiger partial charge in [0.1, 0.15) is 18.1 Å². The first-order valence-corrected chi connectivity index (χ1v) is 11.9. The third-order valence-electron chi connectivity index (χ3n) is 5.27. The molecule has 0 bridgehead atoms. The molecule has 0 radical (unpaired) electrons. The summed E-state index contributed by atoms with van der Waals surface area (Å²) in [6.45, 7) is 0.137. The van der Waals surface area contributed by atoms with Gasteiger partial charge in [-0.1, -0.05) is 30.3 Å². The van der Waals surface area contributed by atoms with Crippen LogP contribution in [0.3, 0.4) is 0 Å². The normalized spacial score (nSPS) is 13.6. The zero-order chi connectivity index (χ0) is 29.5. The fourth-order valence-electron chi connectivity index (χ4n) is 3.36. The molecular formula is C23H35N9O7. The maximum atomic E-state index is 13.1. The van der Waals surface area contributed by atoms with Crippen molar-refractivity contribution in [3.05, 3.63) is 35.9 Å². The molecule has 0 aliphatic heterocycles. The molecule has 0 saturated heterocycles. The van der Waals surface area contributed by atoms with Crippen LogP contribution in [0.4, 0.5) is 0 Å². The van der Waals surface area contributed by atoms with Crippen LogP contribution >= 0.6 is 0 Å². The average Bonchev–Trinajstić information content (AvgIpc) is 2.84. The average molecular weight is 550 g/mol. The van der Waals surface area contributed by atoms with Gasteiger partial charge in [0.05, 0.1) is 18.9 Å². The number of guanidine groups is 1. The number of primary amides is 2. The van der Waals surface area contributed by atoms with Crippen molar-refractivity contribution >= 4 is 41.5 Å². The van der Waals surface area contributed by atoms with Crippen LogP contribution in [-0.4, -0.2) is 77.3 Å². The fourth-order valence-corrected chi connectivity index (χ4v) is 3.36. The summed E-state index contributed by atoms with van der Waals surface area (Å²) in [5.41, 5.74) is 27.0. The minimum absolute atomic E-state index is 0.0119. The molecule has 16 heteroatoms. The first-order chi connectivity index (χ1) is 18.3. The molecule has 1 aromatic rings. The van der Waals surface area contributed by atoms with Crippen LogP contribution in [0.25, 0.3) is 0 Å². The Hall–Kier alpha value is -4.73. The lowest BCUT2D eigenvalue weighted by Gasteiger charge is -2.25. The monoisotopic (exact) mass is 549 g/mol. The van der Waals surface area contributed by atoms with Gasteiger partial charge in [0.25, 0.3) is 0 Å². The molecule has 1 rings (SSSR count). The van der Waals surface area contributed by atoms with E-state index in [9.17, 15) is 33.9 Å². The Morgan fingerprint density at radius 3 is 1.85 bits per heavy atom. The van der Waals surface area contributed by atoms with Crippen LogP contribution in [0.1, 0.15) is 31.2 Å². The summed E-state index contributed by atoms with van der Waals surface area (Å²) < 4.78 is 0. The van der Waals surface area contributed by atoms with E-state index >= 15 is 0 Å². The number of hydrogen-bond acceptors (Lipinski definition) is 8. The van der Waals surface area contributed by atoms with Gasteiger partial charge in [-0.2, -0.15) is 0 Å². The molecule has 0 saturated carbocycles. The molecule has 5 amide bonds. The van der Waals surface area contributed by atoms with Gasteiger partial charge in [0.15, 0.2) is 5.96 Å². The van der Waals surface area contributed by atoms with E-state index in [1.165, 1.54) is 0 Å². The Kier molecular flexibility index (Phi) is 13.4. The second-order valence-electron chi connectivity index (χ2n) is 8.61. The van der Waals surface area contributed by atoms with Crippen LogP contribution in [-0.2, 0) is 35.2 Å². The molecule has 0 aliphatic carbocycles. The van der Waals surface area contributed by atoms with Crippen molar-refractivity contribution in [3.63, 3.8) is 0 Å². The molecule has 4 atom stereocenters. The topological polar surface area (TPSA) is 301 Å². The summed E-state index contributed by atoms with van der Waals surface area (Å²) in [5, 5.41) is 16.6. The minimum Gasteiger partial charge on any atom is -0.480 e. The second kappa shape index (κ2) is 16.2. The minimum atomic E-state index is -1.55. The molecule has 0 aromatic heterocycles. The van der Waals surface area contributed by atoms with Gasteiger partial charge >= 0.3 is 5.97 Å². The smallest absolute Gasteiger partial charge is 0.326 e. The van der Waals surface area contributed by atoms with Gasteiger partial charge in [-0.05, 0) is 18.4 Å². The number of nitrogens with two attached hydrogens (primary N) is 5. The van der Waals surface area contributed by atoms with Crippen LogP contribution in [0, 0.1) is 0 Å². The van der Waals surface area contributed by atoms with Crippen LogP contribution in [0.5, 0.6) is 0 Å². The maximum absolute atomic E-state index is 13.1. The number of carboxylic acid groups (broad SMARTS) is 1. The highest BCUT2D eigenvalue weighted by molar-refractivity contribution is 5.97. The Morgan fingerprint density at radius 1 is 0.769 bits per heavy atom. The van der Waals surface area contributed by atoms with Gasteiger partial charge in [0.2, 0.25) is 29.5 Å². The zero-order valence-corrected chi connectivity index (χ0v) is 21.2. The first-order valence-electron chi connectivity index (χ1n) is 11.9. The third kappa shape index (κ3) is 12.9. The lowest BCUT2D eigenvalue weighted by atomic mass is 10.0. The van der Waals surface area contributed by atoms with E-state index in [4.69, 9.17) is 28.7 Å². The van der Waals surface area contributed by atoms with E-state index in [-0.39, 0.29) is 31.8 Å². The fraction of sp³-hybridized carbons (Fsp3) is 0.435. The van der Waals surface area contributed by atoms with E-state index in [0.29, 0.717) is 5.56 Å². The van der Waals surface area contributed by atoms with E-state index in [1.807, 2.05) is 0 Å². The number of amides is 5. The van der Waals surface area contributed by atoms with Crippen molar-refractivity contribution in [2.45, 2.75) is 56.3 Å².